The Bertz CT molecular complexity index is 1040. The molecule has 3 atom stereocenters. The number of anilines is 1. The summed E-state index contributed by atoms with van der Waals surface area (Å²) in [5.41, 5.74) is 2.49. The van der Waals surface area contributed by atoms with Crippen LogP contribution in [0.15, 0.2) is 30.3 Å². The molecule has 2 aromatic rings. The molecule has 0 radical (unpaired) electrons. The van der Waals surface area contributed by atoms with Gasteiger partial charge in [0.1, 0.15) is 11.6 Å². The summed E-state index contributed by atoms with van der Waals surface area (Å²) in [6, 6.07) is 8.07. The molecular weight excluding hydrogens is 508 g/mol. The minimum Gasteiger partial charge on any atom is -0.326 e. The Morgan fingerprint density at radius 1 is 1.06 bits per heavy atom. The molecule has 0 heterocycles. The van der Waals surface area contributed by atoms with Gasteiger partial charge in [-0.1, -0.05) is 61.5 Å². The zero-order valence-corrected chi connectivity index (χ0v) is 22.6. The third-order valence-electron chi connectivity index (χ3n) is 7.25. The fraction of sp³-hybridized carbons (Fsp3) is 0.500. The first-order valence-electron chi connectivity index (χ1n) is 12.4. The lowest BCUT2D eigenvalue weighted by Crippen LogP contribution is -2.27. The average molecular weight is 541 g/mol. The van der Waals surface area contributed by atoms with Gasteiger partial charge in [-0.3, -0.25) is 9.59 Å². The summed E-state index contributed by atoms with van der Waals surface area (Å²) in [7, 11) is 0. The standard InChI is InChI=1S/C28H33Cl3FNO2/c1-3-18-14-23(29)22(24(30)15-18)11-8-20-7-5-4-6-19(9-13-27(20)34)17(2)28(35)33-21-10-12-26(32)25(31)16-21/h10,12,14-17,19-20H,3-9,11,13H2,1-2H3,(H,33,35). The van der Waals surface area contributed by atoms with Gasteiger partial charge in [-0.25, -0.2) is 4.39 Å². The van der Waals surface area contributed by atoms with E-state index in [0.29, 0.717) is 35.0 Å². The maximum atomic E-state index is 13.4. The highest BCUT2D eigenvalue weighted by Crippen LogP contribution is 2.33. The van der Waals surface area contributed by atoms with Gasteiger partial charge in [0.25, 0.3) is 0 Å². The molecule has 0 saturated heterocycles. The molecule has 1 aliphatic carbocycles. The third-order valence-corrected chi connectivity index (χ3v) is 8.22. The van der Waals surface area contributed by atoms with Gasteiger partial charge in [0.15, 0.2) is 0 Å². The highest BCUT2D eigenvalue weighted by atomic mass is 35.5. The van der Waals surface area contributed by atoms with Crippen LogP contribution in [0.3, 0.4) is 0 Å². The second-order valence-corrected chi connectivity index (χ2v) is 10.8. The Labute approximate surface area is 222 Å². The number of ketones is 1. The second-order valence-electron chi connectivity index (χ2n) is 9.58. The molecule has 1 aliphatic rings. The van der Waals surface area contributed by atoms with Gasteiger partial charge in [0, 0.05) is 34.0 Å². The first kappa shape index (κ1) is 28.0. The van der Waals surface area contributed by atoms with Crippen LogP contribution in [0.1, 0.15) is 69.9 Å². The number of halogens is 4. The molecule has 1 fully saturated rings. The van der Waals surface area contributed by atoms with Crippen LogP contribution in [0.5, 0.6) is 0 Å². The molecule has 7 heteroatoms. The third kappa shape index (κ3) is 7.68. The summed E-state index contributed by atoms with van der Waals surface area (Å²) >= 11 is 18.8. The van der Waals surface area contributed by atoms with E-state index in [-0.39, 0.29) is 34.5 Å². The van der Waals surface area contributed by atoms with Crippen LogP contribution in [0.2, 0.25) is 15.1 Å². The average Bonchev–Trinajstić information content (AvgIpc) is 2.91. The number of aryl methyl sites for hydroxylation is 1. The number of hydrogen-bond acceptors (Lipinski definition) is 2. The zero-order chi connectivity index (χ0) is 25.5. The molecule has 0 bridgehead atoms. The van der Waals surface area contributed by atoms with E-state index in [1.54, 1.807) is 0 Å². The van der Waals surface area contributed by atoms with Crippen molar-refractivity contribution in [1.82, 2.24) is 0 Å². The molecule has 35 heavy (non-hydrogen) atoms. The van der Waals surface area contributed by atoms with Gasteiger partial charge in [0.2, 0.25) is 5.91 Å². The van der Waals surface area contributed by atoms with Gasteiger partial charge in [-0.15, -0.1) is 0 Å². The predicted molar refractivity (Wildman–Crippen MR) is 143 cm³/mol. The summed E-state index contributed by atoms with van der Waals surface area (Å²) in [4.78, 5) is 25.9. The van der Waals surface area contributed by atoms with Crippen LogP contribution in [0.4, 0.5) is 10.1 Å². The van der Waals surface area contributed by atoms with Crippen molar-refractivity contribution in [3.8, 4) is 0 Å². The van der Waals surface area contributed by atoms with Crippen LogP contribution in [-0.2, 0) is 22.4 Å². The van der Waals surface area contributed by atoms with Crippen LogP contribution in [0, 0.1) is 23.6 Å². The fourth-order valence-corrected chi connectivity index (χ4v) is 5.80. The van der Waals surface area contributed by atoms with Crippen molar-refractivity contribution < 1.29 is 14.0 Å². The summed E-state index contributed by atoms with van der Waals surface area (Å²) < 4.78 is 13.4. The van der Waals surface area contributed by atoms with E-state index in [9.17, 15) is 14.0 Å². The van der Waals surface area contributed by atoms with Crippen molar-refractivity contribution in [3.63, 3.8) is 0 Å². The van der Waals surface area contributed by atoms with E-state index < -0.39 is 5.82 Å². The normalized spacial score (nSPS) is 20.0. The summed E-state index contributed by atoms with van der Waals surface area (Å²) in [5, 5.41) is 4.15. The number of amides is 1. The first-order valence-corrected chi connectivity index (χ1v) is 13.6. The number of rotatable bonds is 7. The number of nitrogens with one attached hydrogen (secondary N) is 1. The highest BCUT2D eigenvalue weighted by Gasteiger charge is 2.28. The van der Waals surface area contributed by atoms with Gasteiger partial charge in [0.05, 0.1) is 5.02 Å². The topological polar surface area (TPSA) is 46.2 Å². The number of carbonyl (C=O) groups excluding carboxylic acids is 2. The second kappa shape index (κ2) is 13.1. The van der Waals surface area contributed by atoms with E-state index in [1.807, 2.05) is 19.1 Å². The molecule has 2 aromatic carbocycles. The molecule has 3 rings (SSSR count). The van der Waals surface area contributed by atoms with E-state index in [2.05, 4.69) is 12.2 Å². The Balaban J connectivity index is 1.58. The minimum atomic E-state index is -0.524. The van der Waals surface area contributed by atoms with Crippen molar-refractivity contribution in [3.05, 3.63) is 62.3 Å². The Hall–Kier alpha value is -1.62. The van der Waals surface area contributed by atoms with Gasteiger partial charge in [-0.2, -0.15) is 0 Å². The molecule has 190 valence electrons. The lowest BCUT2D eigenvalue weighted by Gasteiger charge is -2.23. The Morgan fingerprint density at radius 3 is 2.40 bits per heavy atom. The summed E-state index contributed by atoms with van der Waals surface area (Å²) in [6.07, 6.45) is 7.10. The fourth-order valence-electron chi connectivity index (χ4n) is 4.90. The predicted octanol–water partition coefficient (Wildman–Crippen LogP) is 8.71. The maximum absolute atomic E-state index is 13.4. The molecule has 1 amide bonds. The molecule has 0 aromatic heterocycles. The quantitative estimate of drug-likeness (QED) is 0.382. The van der Waals surface area contributed by atoms with Crippen LogP contribution in [-0.4, -0.2) is 11.7 Å². The van der Waals surface area contributed by atoms with Crippen LogP contribution >= 0.6 is 34.8 Å². The summed E-state index contributed by atoms with van der Waals surface area (Å²) in [5.74, 6) is -0.577. The number of benzene rings is 2. The molecule has 0 spiro atoms. The molecule has 1 saturated carbocycles. The minimum absolute atomic E-state index is 0.0165. The number of carbonyl (C=O) groups is 2. The van der Waals surface area contributed by atoms with E-state index in [1.165, 1.54) is 18.2 Å². The van der Waals surface area contributed by atoms with Gasteiger partial charge in [-0.05, 0) is 85.9 Å². The molecule has 1 N–H and O–H groups in total. The van der Waals surface area contributed by atoms with E-state index >= 15 is 0 Å². The van der Waals surface area contributed by atoms with Crippen LogP contribution < -0.4 is 5.32 Å². The Kier molecular flexibility index (Phi) is 10.4. The van der Waals surface area contributed by atoms with Crippen LogP contribution in [0.25, 0.3) is 0 Å². The largest absolute Gasteiger partial charge is 0.326 e. The lowest BCUT2D eigenvalue weighted by atomic mass is 9.84. The molecule has 3 unspecified atom stereocenters. The van der Waals surface area contributed by atoms with Crippen molar-refractivity contribution in [2.24, 2.45) is 17.8 Å². The Morgan fingerprint density at radius 2 is 1.74 bits per heavy atom. The van der Waals surface area contributed by atoms with E-state index in [4.69, 9.17) is 34.8 Å². The molecular formula is C28H33Cl3FNO2. The van der Waals surface area contributed by atoms with Gasteiger partial charge >= 0.3 is 0 Å². The number of hydrogen-bond donors (Lipinski definition) is 1. The zero-order valence-electron chi connectivity index (χ0n) is 20.3. The highest BCUT2D eigenvalue weighted by molar-refractivity contribution is 6.36. The lowest BCUT2D eigenvalue weighted by molar-refractivity contribution is -0.125. The van der Waals surface area contributed by atoms with Crippen molar-refractivity contribution >= 4 is 52.2 Å². The molecule has 3 nitrogen and oxygen atoms in total. The monoisotopic (exact) mass is 539 g/mol. The van der Waals surface area contributed by atoms with Gasteiger partial charge < -0.3 is 5.32 Å². The maximum Gasteiger partial charge on any atom is 0.227 e. The first-order chi connectivity index (χ1) is 16.7. The van der Waals surface area contributed by atoms with Crippen molar-refractivity contribution in [2.45, 2.75) is 71.6 Å². The smallest absolute Gasteiger partial charge is 0.227 e. The summed E-state index contributed by atoms with van der Waals surface area (Å²) in [6.45, 7) is 3.96. The SMILES string of the molecule is CCc1cc(Cl)c(CCC2CCCCC(C(C)C(=O)Nc3ccc(F)c(Cl)c3)CCC2=O)c(Cl)c1. The van der Waals surface area contributed by atoms with E-state index in [0.717, 1.165) is 49.7 Å². The molecule has 0 aliphatic heterocycles. The van der Waals surface area contributed by atoms with Crippen molar-refractivity contribution in [2.75, 3.05) is 5.32 Å². The van der Waals surface area contributed by atoms with Crippen molar-refractivity contribution in [1.29, 1.82) is 0 Å². The number of Topliss-reactive ketones (excluding diaryl/α,β-unsaturated/α-hetero) is 1.